The van der Waals surface area contributed by atoms with Gasteiger partial charge in [0.25, 0.3) is 5.69 Å². The van der Waals surface area contributed by atoms with E-state index in [0.717, 1.165) is 5.56 Å². The first-order chi connectivity index (χ1) is 11.6. The van der Waals surface area contributed by atoms with Crippen LogP contribution in [0.3, 0.4) is 0 Å². The first-order valence-corrected chi connectivity index (χ1v) is 7.58. The van der Waals surface area contributed by atoms with Crippen molar-refractivity contribution in [3.8, 4) is 0 Å². The zero-order valence-electron chi connectivity index (χ0n) is 12.8. The Morgan fingerprint density at radius 1 is 1.17 bits per heavy atom. The molecule has 1 aromatic heterocycles. The van der Waals surface area contributed by atoms with Crippen molar-refractivity contribution in [2.75, 3.05) is 0 Å². The lowest BCUT2D eigenvalue weighted by Crippen LogP contribution is -2.19. The Hall–Kier alpha value is -3.15. The molecule has 6 heteroatoms. The lowest BCUT2D eigenvalue weighted by molar-refractivity contribution is -0.384. The number of nitro benzene ring substituents is 1. The monoisotopic (exact) mass is 324 g/mol. The zero-order valence-corrected chi connectivity index (χ0v) is 12.8. The van der Waals surface area contributed by atoms with Gasteiger partial charge < -0.3 is 9.67 Å². The van der Waals surface area contributed by atoms with Gasteiger partial charge in [0.1, 0.15) is 6.04 Å². The number of non-ortho nitro benzene ring substituents is 1. The number of hydrogen-bond acceptors (Lipinski definition) is 3. The Labute approximate surface area is 138 Å². The van der Waals surface area contributed by atoms with Gasteiger partial charge in [0.05, 0.1) is 4.92 Å². The number of benzene rings is 2. The van der Waals surface area contributed by atoms with E-state index in [-0.39, 0.29) is 5.69 Å². The molecule has 1 atom stereocenters. The van der Waals surface area contributed by atoms with E-state index in [1.54, 1.807) is 22.9 Å². The second kappa shape index (κ2) is 6.54. The van der Waals surface area contributed by atoms with Gasteiger partial charge in [0.2, 0.25) is 0 Å². The number of aryl methyl sites for hydroxylation is 1. The fraction of sp³-hybridized carbons (Fsp3) is 0.167. The summed E-state index contributed by atoms with van der Waals surface area (Å²) in [6.45, 7) is 0. The Bertz CT molecular complexity index is 886. The van der Waals surface area contributed by atoms with E-state index in [0.29, 0.717) is 23.7 Å². The minimum absolute atomic E-state index is 0.00332. The van der Waals surface area contributed by atoms with Crippen LogP contribution >= 0.6 is 0 Å². The van der Waals surface area contributed by atoms with Crippen molar-refractivity contribution in [1.82, 2.24) is 4.57 Å². The van der Waals surface area contributed by atoms with Crippen molar-refractivity contribution < 1.29 is 14.8 Å². The highest BCUT2D eigenvalue weighted by molar-refractivity contribution is 5.85. The summed E-state index contributed by atoms with van der Waals surface area (Å²) in [5.74, 6) is -0.915. The Morgan fingerprint density at radius 3 is 2.58 bits per heavy atom. The maximum Gasteiger partial charge on any atom is 0.326 e. The lowest BCUT2D eigenvalue weighted by Gasteiger charge is -2.16. The number of fused-ring (bicyclic) bond motifs is 1. The molecule has 0 saturated heterocycles. The highest BCUT2D eigenvalue weighted by Crippen LogP contribution is 2.26. The Morgan fingerprint density at radius 2 is 1.92 bits per heavy atom. The number of nitro groups is 1. The normalized spacial score (nSPS) is 12.2. The maximum atomic E-state index is 11.7. The molecule has 0 spiro atoms. The van der Waals surface area contributed by atoms with Crippen LogP contribution < -0.4 is 0 Å². The van der Waals surface area contributed by atoms with Crippen LogP contribution in [0.15, 0.2) is 60.8 Å². The second-order valence-electron chi connectivity index (χ2n) is 5.60. The number of rotatable bonds is 6. The summed E-state index contributed by atoms with van der Waals surface area (Å²) in [5.41, 5.74) is 1.76. The van der Waals surface area contributed by atoms with Crippen LogP contribution in [0.4, 0.5) is 5.69 Å². The van der Waals surface area contributed by atoms with Gasteiger partial charge in [-0.3, -0.25) is 10.1 Å². The Balaban J connectivity index is 1.90. The van der Waals surface area contributed by atoms with E-state index >= 15 is 0 Å². The number of carboxylic acids is 1. The lowest BCUT2D eigenvalue weighted by atomic mass is 10.0. The van der Waals surface area contributed by atoms with Crippen LogP contribution in [0.25, 0.3) is 10.9 Å². The van der Waals surface area contributed by atoms with Gasteiger partial charge in [-0.05, 0) is 30.5 Å². The molecule has 0 bridgehead atoms. The van der Waals surface area contributed by atoms with Gasteiger partial charge in [-0.1, -0.05) is 30.3 Å². The van der Waals surface area contributed by atoms with Gasteiger partial charge in [-0.2, -0.15) is 0 Å². The van der Waals surface area contributed by atoms with Crippen molar-refractivity contribution in [2.24, 2.45) is 0 Å². The smallest absolute Gasteiger partial charge is 0.326 e. The van der Waals surface area contributed by atoms with E-state index in [1.165, 1.54) is 12.1 Å². The third-order valence-electron chi connectivity index (χ3n) is 4.08. The molecule has 0 aliphatic heterocycles. The molecule has 0 radical (unpaired) electrons. The van der Waals surface area contributed by atoms with Crippen LogP contribution in [-0.2, 0) is 11.2 Å². The van der Waals surface area contributed by atoms with Gasteiger partial charge in [0.15, 0.2) is 0 Å². The van der Waals surface area contributed by atoms with E-state index < -0.39 is 16.9 Å². The largest absolute Gasteiger partial charge is 0.480 e. The summed E-state index contributed by atoms with van der Waals surface area (Å²) in [7, 11) is 0. The molecule has 3 aromatic rings. The number of nitrogens with zero attached hydrogens (tertiary/aromatic N) is 2. The van der Waals surface area contributed by atoms with E-state index in [1.807, 2.05) is 30.3 Å². The van der Waals surface area contributed by atoms with Crippen LogP contribution in [0.5, 0.6) is 0 Å². The molecule has 2 aromatic carbocycles. The predicted octanol–water partition coefficient (Wildman–Crippen LogP) is 3.81. The summed E-state index contributed by atoms with van der Waals surface area (Å²) >= 11 is 0. The molecule has 24 heavy (non-hydrogen) atoms. The zero-order chi connectivity index (χ0) is 17.1. The average molecular weight is 324 g/mol. The number of aliphatic carboxylic acids is 1. The number of hydrogen-bond donors (Lipinski definition) is 1. The third kappa shape index (κ3) is 3.12. The standard InChI is InChI=1S/C18H16N2O4/c21-18(22)17(8-6-13-4-2-1-3-5-13)19-11-10-14-12-15(20(23)24)7-9-16(14)19/h1-5,7,9-12,17H,6,8H2,(H,21,22). The summed E-state index contributed by atoms with van der Waals surface area (Å²) in [5, 5.41) is 21.1. The fourth-order valence-electron chi connectivity index (χ4n) is 2.87. The number of carbonyl (C=O) groups is 1. The van der Waals surface area contributed by atoms with Crippen molar-refractivity contribution in [1.29, 1.82) is 0 Å². The van der Waals surface area contributed by atoms with Gasteiger partial charge in [-0.15, -0.1) is 0 Å². The molecule has 1 heterocycles. The maximum absolute atomic E-state index is 11.7. The molecule has 6 nitrogen and oxygen atoms in total. The van der Waals surface area contributed by atoms with E-state index in [4.69, 9.17) is 0 Å². The molecule has 0 aliphatic carbocycles. The summed E-state index contributed by atoms with van der Waals surface area (Å²) in [4.78, 5) is 22.1. The molecular weight excluding hydrogens is 308 g/mol. The first-order valence-electron chi connectivity index (χ1n) is 7.58. The molecule has 1 N–H and O–H groups in total. The number of carboxylic acid groups (broad SMARTS) is 1. The van der Waals surface area contributed by atoms with Crippen molar-refractivity contribution in [3.05, 3.63) is 76.5 Å². The summed E-state index contributed by atoms with van der Waals surface area (Å²) < 4.78 is 1.67. The number of aromatic nitrogens is 1. The highest BCUT2D eigenvalue weighted by Gasteiger charge is 2.21. The molecular formula is C18H16N2O4. The molecule has 0 aliphatic rings. The first kappa shape index (κ1) is 15.7. The quantitative estimate of drug-likeness (QED) is 0.552. The van der Waals surface area contributed by atoms with Gasteiger partial charge in [0, 0.05) is 29.2 Å². The molecule has 0 amide bonds. The SMILES string of the molecule is O=C(O)C(CCc1ccccc1)n1ccc2cc([N+](=O)[O-])ccc21. The minimum atomic E-state index is -0.915. The summed E-state index contributed by atoms with van der Waals surface area (Å²) in [6.07, 6.45) is 2.77. The molecule has 122 valence electrons. The van der Waals surface area contributed by atoms with Crippen molar-refractivity contribution in [2.45, 2.75) is 18.9 Å². The van der Waals surface area contributed by atoms with Crippen molar-refractivity contribution >= 4 is 22.6 Å². The van der Waals surface area contributed by atoms with Crippen LogP contribution in [0.2, 0.25) is 0 Å². The molecule has 1 unspecified atom stereocenters. The fourth-order valence-corrected chi connectivity index (χ4v) is 2.87. The van der Waals surface area contributed by atoms with Crippen LogP contribution in [-0.4, -0.2) is 20.6 Å². The van der Waals surface area contributed by atoms with Crippen molar-refractivity contribution in [3.63, 3.8) is 0 Å². The van der Waals surface area contributed by atoms with Gasteiger partial charge in [-0.25, -0.2) is 4.79 Å². The summed E-state index contributed by atoms with van der Waals surface area (Å²) in [6, 6.07) is 15.2. The third-order valence-corrected chi connectivity index (χ3v) is 4.08. The second-order valence-corrected chi connectivity index (χ2v) is 5.60. The molecule has 3 rings (SSSR count). The minimum Gasteiger partial charge on any atom is -0.480 e. The molecule has 0 saturated carbocycles. The Kier molecular flexibility index (Phi) is 4.29. The molecule has 0 fully saturated rings. The van der Waals surface area contributed by atoms with E-state index in [9.17, 15) is 20.0 Å². The predicted molar refractivity (Wildman–Crippen MR) is 90.0 cm³/mol. The average Bonchev–Trinajstić information content (AvgIpc) is 2.99. The van der Waals surface area contributed by atoms with Crippen LogP contribution in [0, 0.1) is 10.1 Å². The van der Waals surface area contributed by atoms with Gasteiger partial charge >= 0.3 is 5.97 Å². The highest BCUT2D eigenvalue weighted by atomic mass is 16.6. The van der Waals surface area contributed by atoms with Crippen LogP contribution in [0.1, 0.15) is 18.0 Å². The topological polar surface area (TPSA) is 85.4 Å². The van der Waals surface area contributed by atoms with E-state index in [2.05, 4.69) is 0 Å².